The van der Waals surface area contributed by atoms with Crippen LogP contribution in [0.25, 0.3) is 11.3 Å². The fourth-order valence-electron chi connectivity index (χ4n) is 4.55. The van der Waals surface area contributed by atoms with E-state index in [0.717, 1.165) is 41.8 Å². The van der Waals surface area contributed by atoms with Gasteiger partial charge in [0.2, 0.25) is 10.0 Å². The van der Waals surface area contributed by atoms with Crippen LogP contribution in [-0.2, 0) is 22.0 Å². The van der Waals surface area contributed by atoms with Crippen LogP contribution >= 0.6 is 0 Å². The van der Waals surface area contributed by atoms with E-state index in [1.165, 1.54) is 19.3 Å². The number of nitroso groups, excluding NO2 is 1. The quantitative estimate of drug-likeness (QED) is 0.568. The van der Waals surface area contributed by atoms with E-state index in [1.54, 1.807) is 13.0 Å². The van der Waals surface area contributed by atoms with Crippen molar-refractivity contribution in [3.63, 3.8) is 0 Å². The van der Waals surface area contributed by atoms with Crippen molar-refractivity contribution in [3.05, 3.63) is 46.0 Å². The van der Waals surface area contributed by atoms with Crippen molar-refractivity contribution in [3.8, 4) is 11.3 Å². The van der Waals surface area contributed by atoms with E-state index in [1.807, 2.05) is 19.1 Å². The Hall–Kier alpha value is -1.99. The second-order valence-corrected chi connectivity index (χ2v) is 11.5. The minimum absolute atomic E-state index is 0.133. The van der Waals surface area contributed by atoms with Crippen molar-refractivity contribution in [1.82, 2.24) is 4.57 Å². The molecule has 2 aromatic rings. The van der Waals surface area contributed by atoms with Gasteiger partial charge in [0, 0.05) is 17.9 Å². The third-order valence-corrected chi connectivity index (χ3v) is 7.58. The molecule has 1 fully saturated rings. The van der Waals surface area contributed by atoms with Gasteiger partial charge in [-0.3, -0.25) is 0 Å². The molecule has 1 atom stereocenters. The second-order valence-electron chi connectivity index (χ2n) is 10.0. The molecule has 1 aromatic heterocycles. The average molecular weight is 446 g/mol. The van der Waals surface area contributed by atoms with Gasteiger partial charge in [-0.1, -0.05) is 51.3 Å². The highest BCUT2D eigenvalue weighted by molar-refractivity contribution is 7.89. The van der Waals surface area contributed by atoms with Gasteiger partial charge >= 0.3 is 0 Å². The van der Waals surface area contributed by atoms with Crippen molar-refractivity contribution in [1.29, 1.82) is 0 Å². The lowest BCUT2D eigenvalue weighted by molar-refractivity contribution is 0.318. The SMILES string of the molecule is Cc1c(S(N)(=O)=O)cc(-c2cc(C(C)N=O)cc(C(C)(C)C)c2)n1CC1CCCCC1. The molecule has 2 N–H and O–H groups in total. The maximum absolute atomic E-state index is 12.3. The molecule has 0 aliphatic heterocycles. The summed E-state index contributed by atoms with van der Waals surface area (Å²) in [5.41, 5.74) is 4.18. The van der Waals surface area contributed by atoms with E-state index in [2.05, 4.69) is 36.6 Å². The van der Waals surface area contributed by atoms with Gasteiger partial charge in [-0.05, 0) is 72.9 Å². The molecule has 1 aliphatic carbocycles. The van der Waals surface area contributed by atoms with E-state index < -0.39 is 16.1 Å². The second kappa shape index (κ2) is 8.87. The van der Waals surface area contributed by atoms with Crippen LogP contribution in [-0.4, -0.2) is 13.0 Å². The van der Waals surface area contributed by atoms with Crippen molar-refractivity contribution in [2.75, 3.05) is 0 Å². The zero-order chi connectivity index (χ0) is 23.0. The Labute approximate surface area is 186 Å². The lowest BCUT2D eigenvalue weighted by atomic mass is 9.84. The summed E-state index contributed by atoms with van der Waals surface area (Å²) in [6, 6.07) is 7.29. The molecule has 1 aromatic carbocycles. The molecule has 7 heteroatoms. The van der Waals surface area contributed by atoms with Gasteiger partial charge in [0.1, 0.15) is 10.9 Å². The van der Waals surface area contributed by atoms with Crippen LogP contribution in [0.1, 0.15) is 82.7 Å². The zero-order valence-electron chi connectivity index (χ0n) is 19.3. The fourth-order valence-corrected chi connectivity index (χ4v) is 5.34. The van der Waals surface area contributed by atoms with Crippen LogP contribution < -0.4 is 5.14 Å². The molecule has 0 bridgehead atoms. The topological polar surface area (TPSA) is 94.5 Å². The van der Waals surface area contributed by atoms with E-state index in [9.17, 15) is 13.3 Å². The molecule has 1 unspecified atom stereocenters. The predicted molar refractivity (Wildman–Crippen MR) is 125 cm³/mol. The van der Waals surface area contributed by atoms with Gasteiger partial charge in [-0.25, -0.2) is 13.6 Å². The number of primary sulfonamides is 1. The van der Waals surface area contributed by atoms with E-state index in [0.29, 0.717) is 11.6 Å². The molecule has 1 aliphatic rings. The number of aromatic nitrogens is 1. The number of nitrogens with zero attached hydrogens (tertiary/aromatic N) is 2. The molecule has 31 heavy (non-hydrogen) atoms. The summed E-state index contributed by atoms with van der Waals surface area (Å²) >= 11 is 0. The standard InChI is InChI=1S/C24H35N3O3S/c1-16(26-28)19-11-20(13-21(12-19)24(3,4)5)22-14-23(31(25,29)30)17(2)27(22)15-18-9-7-6-8-10-18/h11-14,16,18H,6-10,15H2,1-5H3,(H2,25,29,30). The van der Waals surface area contributed by atoms with Crippen LogP contribution in [0.3, 0.4) is 0 Å². The highest BCUT2D eigenvalue weighted by Gasteiger charge is 2.25. The number of rotatable bonds is 6. The summed E-state index contributed by atoms with van der Waals surface area (Å²) in [6.07, 6.45) is 6.01. The van der Waals surface area contributed by atoms with Gasteiger partial charge in [0.15, 0.2) is 0 Å². The van der Waals surface area contributed by atoms with Crippen LogP contribution in [0.15, 0.2) is 34.3 Å². The van der Waals surface area contributed by atoms with Crippen LogP contribution in [0.4, 0.5) is 0 Å². The van der Waals surface area contributed by atoms with Gasteiger partial charge in [-0.15, -0.1) is 0 Å². The average Bonchev–Trinajstić information content (AvgIpc) is 3.04. The Balaban J connectivity index is 2.21. The number of benzene rings is 1. The van der Waals surface area contributed by atoms with E-state index in [4.69, 9.17) is 5.14 Å². The molecular formula is C24H35N3O3S. The normalized spacial score (nSPS) is 17.0. The van der Waals surface area contributed by atoms with Gasteiger partial charge in [0.05, 0.1) is 0 Å². The number of nitrogens with two attached hydrogens (primary N) is 1. The summed E-state index contributed by atoms with van der Waals surface area (Å²) in [5, 5.41) is 8.77. The first-order chi connectivity index (χ1) is 14.4. The number of hydrogen-bond donors (Lipinski definition) is 1. The first-order valence-electron chi connectivity index (χ1n) is 11.1. The molecule has 1 heterocycles. The first-order valence-corrected chi connectivity index (χ1v) is 12.7. The van der Waals surface area contributed by atoms with Crippen molar-refractivity contribution >= 4 is 10.0 Å². The largest absolute Gasteiger partial charge is 0.343 e. The Bertz CT molecular complexity index is 1060. The first kappa shape index (κ1) is 23.7. The molecule has 6 nitrogen and oxygen atoms in total. The Morgan fingerprint density at radius 1 is 1.13 bits per heavy atom. The minimum atomic E-state index is -3.84. The molecule has 3 rings (SSSR count). The summed E-state index contributed by atoms with van der Waals surface area (Å²) in [7, 11) is -3.84. The van der Waals surface area contributed by atoms with Gasteiger partial charge in [-0.2, -0.15) is 4.91 Å². The molecule has 0 spiro atoms. The monoisotopic (exact) mass is 445 g/mol. The third kappa shape index (κ3) is 5.26. The zero-order valence-corrected chi connectivity index (χ0v) is 20.1. The summed E-state index contributed by atoms with van der Waals surface area (Å²) in [5.74, 6) is 0.521. The maximum atomic E-state index is 12.3. The third-order valence-electron chi connectivity index (χ3n) is 6.55. The molecule has 1 saturated carbocycles. The van der Waals surface area contributed by atoms with Gasteiger partial charge in [0.25, 0.3) is 0 Å². The Morgan fingerprint density at radius 2 is 1.77 bits per heavy atom. The van der Waals surface area contributed by atoms with Crippen molar-refractivity contribution in [2.24, 2.45) is 16.2 Å². The fraction of sp³-hybridized carbons (Fsp3) is 0.583. The molecule has 0 radical (unpaired) electrons. The Morgan fingerprint density at radius 3 is 2.32 bits per heavy atom. The number of sulfonamides is 1. The maximum Gasteiger partial charge on any atom is 0.239 e. The highest BCUT2D eigenvalue weighted by Crippen LogP contribution is 2.36. The van der Waals surface area contributed by atoms with Crippen LogP contribution in [0, 0.1) is 17.7 Å². The van der Waals surface area contributed by atoms with E-state index >= 15 is 0 Å². The van der Waals surface area contributed by atoms with Gasteiger partial charge < -0.3 is 4.57 Å². The molecule has 0 amide bonds. The van der Waals surface area contributed by atoms with Crippen molar-refractivity contribution in [2.45, 2.75) is 89.6 Å². The predicted octanol–water partition coefficient (Wildman–Crippen LogP) is 5.82. The molecule has 170 valence electrons. The summed E-state index contributed by atoms with van der Waals surface area (Å²) in [4.78, 5) is 11.5. The summed E-state index contributed by atoms with van der Waals surface area (Å²) in [6.45, 7) is 10.7. The Kier molecular flexibility index (Phi) is 6.77. The van der Waals surface area contributed by atoms with Crippen molar-refractivity contribution < 1.29 is 8.42 Å². The highest BCUT2D eigenvalue weighted by atomic mass is 32.2. The van der Waals surface area contributed by atoms with E-state index in [-0.39, 0.29) is 10.3 Å². The molecular weight excluding hydrogens is 410 g/mol. The minimum Gasteiger partial charge on any atom is -0.343 e. The molecule has 0 saturated heterocycles. The van der Waals surface area contributed by atoms with Crippen LogP contribution in [0.2, 0.25) is 0 Å². The lowest BCUT2D eigenvalue weighted by Crippen LogP contribution is -2.17. The number of hydrogen-bond acceptors (Lipinski definition) is 4. The lowest BCUT2D eigenvalue weighted by Gasteiger charge is -2.25. The smallest absolute Gasteiger partial charge is 0.239 e. The summed E-state index contributed by atoms with van der Waals surface area (Å²) < 4.78 is 26.7. The van der Waals surface area contributed by atoms with Crippen LogP contribution in [0.5, 0.6) is 0 Å².